The maximum Gasteiger partial charge on any atom is 0.0465 e. The molecule has 0 saturated carbocycles. The maximum absolute atomic E-state index is 5.63. The smallest absolute Gasteiger partial charge is 0.0465 e. The fourth-order valence-electron chi connectivity index (χ4n) is 2.64. The Balaban J connectivity index is 0.00000110. The lowest BCUT2D eigenvalue weighted by Crippen LogP contribution is -2.02. The van der Waals surface area contributed by atoms with Gasteiger partial charge in [0.2, 0.25) is 0 Å². The van der Waals surface area contributed by atoms with E-state index in [1.807, 2.05) is 0 Å². The highest BCUT2D eigenvalue weighted by molar-refractivity contribution is 6.07. The quantitative estimate of drug-likeness (QED) is 0.689. The number of aromatic amines is 1. The average Bonchev–Trinajstić information content (AvgIpc) is 2.77. The molecule has 0 radical (unpaired) electrons. The number of H-pyrrole nitrogens is 1. The first kappa shape index (κ1) is 17.8. The van der Waals surface area contributed by atoms with Gasteiger partial charge < -0.3 is 16.5 Å². The molecule has 0 aliphatic heterocycles. The van der Waals surface area contributed by atoms with Crippen LogP contribution >= 0.6 is 24.8 Å². The van der Waals surface area contributed by atoms with Crippen molar-refractivity contribution in [2.75, 3.05) is 13.1 Å². The zero-order chi connectivity index (χ0) is 13.2. The first-order valence-corrected chi connectivity index (χ1v) is 6.75. The van der Waals surface area contributed by atoms with Crippen LogP contribution in [0.1, 0.15) is 11.1 Å². The molecule has 3 aromatic rings. The van der Waals surface area contributed by atoms with Crippen LogP contribution in [0.15, 0.2) is 36.4 Å². The molecule has 1 aromatic heterocycles. The second-order valence-electron chi connectivity index (χ2n) is 4.96. The highest BCUT2D eigenvalue weighted by Crippen LogP contribution is 2.27. The Kier molecular flexibility index (Phi) is 6.49. The van der Waals surface area contributed by atoms with Gasteiger partial charge in [-0.3, -0.25) is 0 Å². The molecule has 0 aliphatic carbocycles. The SMILES string of the molecule is Cl.Cl.NCCc1ccc2[nH]c3ccc(CCN)cc3c2c1. The second kappa shape index (κ2) is 7.66. The second-order valence-corrected chi connectivity index (χ2v) is 4.96. The van der Waals surface area contributed by atoms with Crippen molar-refractivity contribution in [2.45, 2.75) is 12.8 Å². The lowest BCUT2D eigenvalue weighted by molar-refractivity contribution is 0.970. The summed E-state index contributed by atoms with van der Waals surface area (Å²) in [5.41, 5.74) is 16.2. The molecule has 0 saturated heterocycles. The first-order chi connectivity index (χ1) is 9.31. The van der Waals surface area contributed by atoms with Crippen LogP contribution in [0, 0.1) is 0 Å². The molecule has 0 aliphatic rings. The zero-order valence-electron chi connectivity index (χ0n) is 11.8. The van der Waals surface area contributed by atoms with Crippen LogP contribution in [0.4, 0.5) is 0 Å². The van der Waals surface area contributed by atoms with Crippen LogP contribution in [0.25, 0.3) is 21.8 Å². The van der Waals surface area contributed by atoms with Crippen LogP contribution in [0.5, 0.6) is 0 Å². The monoisotopic (exact) mass is 325 g/mol. The van der Waals surface area contributed by atoms with E-state index in [0.717, 1.165) is 12.8 Å². The van der Waals surface area contributed by atoms with Crippen molar-refractivity contribution in [3.05, 3.63) is 47.5 Å². The van der Waals surface area contributed by atoms with Gasteiger partial charge in [-0.2, -0.15) is 0 Å². The van der Waals surface area contributed by atoms with E-state index in [2.05, 4.69) is 41.4 Å². The molecule has 5 N–H and O–H groups in total. The fraction of sp³-hybridized carbons (Fsp3) is 0.250. The molecule has 0 atom stereocenters. The minimum absolute atomic E-state index is 0. The Morgan fingerprint density at radius 2 is 1.14 bits per heavy atom. The van der Waals surface area contributed by atoms with E-state index in [0.29, 0.717) is 13.1 Å². The third-order valence-electron chi connectivity index (χ3n) is 3.59. The van der Waals surface area contributed by atoms with Crippen molar-refractivity contribution in [3.63, 3.8) is 0 Å². The van der Waals surface area contributed by atoms with E-state index in [-0.39, 0.29) is 24.8 Å². The van der Waals surface area contributed by atoms with Crippen LogP contribution in [-0.2, 0) is 12.8 Å². The average molecular weight is 326 g/mol. The highest BCUT2D eigenvalue weighted by Gasteiger charge is 2.06. The number of hydrogen-bond acceptors (Lipinski definition) is 2. The largest absolute Gasteiger partial charge is 0.355 e. The molecule has 2 aromatic carbocycles. The number of aromatic nitrogens is 1. The highest BCUT2D eigenvalue weighted by atomic mass is 35.5. The van der Waals surface area contributed by atoms with Crippen LogP contribution in [0.3, 0.4) is 0 Å². The predicted molar refractivity (Wildman–Crippen MR) is 95.8 cm³/mol. The first-order valence-electron chi connectivity index (χ1n) is 6.75. The third-order valence-corrected chi connectivity index (χ3v) is 3.59. The molecule has 0 fully saturated rings. The standard InChI is InChI=1S/C16H19N3.2ClH/c17-7-5-11-1-3-15-13(9-11)14-10-12(6-8-18)2-4-16(14)19-15;;/h1-4,9-10,19H,5-8,17-18H2;2*1H. The van der Waals surface area contributed by atoms with Gasteiger partial charge in [0.1, 0.15) is 0 Å². The number of rotatable bonds is 4. The van der Waals surface area contributed by atoms with E-state index >= 15 is 0 Å². The number of nitrogens with two attached hydrogens (primary N) is 2. The zero-order valence-corrected chi connectivity index (χ0v) is 13.4. The maximum atomic E-state index is 5.63. The summed E-state index contributed by atoms with van der Waals surface area (Å²) in [6.07, 6.45) is 1.84. The third kappa shape index (κ3) is 3.50. The van der Waals surface area contributed by atoms with Crippen LogP contribution in [0.2, 0.25) is 0 Å². The van der Waals surface area contributed by atoms with E-state index < -0.39 is 0 Å². The molecule has 0 spiro atoms. The topological polar surface area (TPSA) is 67.8 Å². The molecule has 3 nitrogen and oxygen atoms in total. The van der Waals surface area contributed by atoms with Crippen molar-refractivity contribution in [2.24, 2.45) is 11.5 Å². The molecule has 1 heterocycles. The summed E-state index contributed by atoms with van der Waals surface area (Å²) in [5, 5.41) is 2.56. The molecule has 5 heteroatoms. The summed E-state index contributed by atoms with van der Waals surface area (Å²) in [6, 6.07) is 13.1. The molecule has 0 bridgehead atoms. The molecular weight excluding hydrogens is 305 g/mol. The van der Waals surface area contributed by atoms with Gasteiger partial charge in [0.15, 0.2) is 0 Å². The summed E-state index contributed by atoms with van der Waals surface area (Å²) in [5.74, 6) is 0. The number of benzene rings is 2. The van der Waals surface area contributed by atoms with Gasteiger partial charge >= 0.3 is 0 Å². The predicted octanol–water partition coefficient (Wildman–Crippen LogP) is 3.17. The van der Waals surface area contributed by atoms with Crippen LogP contribution in [-0.4, -0.2) is 18.1 Å². The number of fused-ring (bicyclic) bond motifs is 3. The number of nitrogens with one attached hydrogen (secondary N) is 1. The van der Waals surface area contributed by atoms with E-state index in [9.17, 15) is 0 Å². The minimum Gasteiger partial charge on any atom is -0.355 e. The van der Waals surface area contributed by atoms with E-state index in [1.54, 1.807) is 0 Å². The molecule has 0 unspecified atom stereocenters. The summed E-state index contributed by atoms with van der Waals surface area (Å²) >= 11 is 0. The van der Waals surface area contributed by atoms with Crippen molar-refractivity contribution in [3.8, 4) is 0 Å². The van der Waals surface area contributed by atoms with Gasteiger partial charge in [-0.05, 0) is 61.3 Å². The Morgan fingerprint density at radius 1 is 0.714 bits per heavy atom. The van der Waals surface area contributed by atoms with Gasteiger partial charge in [0.25, 0.3) is 0 Å². The fourth-order valence-corrected chi connectivity index (χ4v) is 2.64. The lowest BCUT2D eigenvalue weighted by Gasteiger charge is -2.00. The summed E-state index contributed by atoms with van der Waals surface area (Å²) in [6.45, 7) is 1.37. The minimum atomic E-state index is 0. The van der Waals surface area contributed by atoms with E-state index in [1.165, 1.54) is 32.9 Å². The van der Waals surface area contributed by atoms with Crippen molar-refractivity contribution >= 4 is 46.6 Å². The van der Waals surface area contributed by atoms with Gasteiger partial charge in [-0.1, -0.05) is 12.1 Å². The summed E-state index contributed by atoms with van der Waals surface area (Å²) in [4.78, 5) is 3.45. The lowest BCUT2D eigenvalue weighted by atomic mass is 10.0. The molecule has 0 amide bonds. The molecule has 114 valence electrons. The molecule has 3 rings (SSSR count). The Bertz CT molecular complexity index is 662. The Hall–Kier alpha value is -1.26. The number of halogens is 2. The number of hydrogen-bond donors (Lipinski definition) is 3. The van der Waals surface area contributed by atoms with Gasteiger partial charge in [-0.25, -0.2) is 0 Å². The normalized spacial score (nSPS) is 10.4. The molecule has 21 heavy (non-hydrogen) atoms. The van der Waals surface area contributed by atoms with Gasteiger partial charge in [0, 0.05) is 21.8 Å². The van der Waals surface area contributed by atoms with Crippen molar-refractivity contribution < 1.29 is 0 Å². The van der Waals surface area contributed by atoms with E-state index in [4.69, 9.17) is 11.5 Å². The molecular formula is C16H21Cl2N3. The van der Waals surface area contributed by atoms with Crippen molar-refractivity contribution in [1.82, 2.24) is 4.98 Å². The summed E-state index contributed by atoms with van der Waals surface area (Å²) in [7, 11) is 0. The Morgan fingerprint density at radius 3 is 1.52 bits per heavy atom. The Labute approximate surface area is 136 Å². The van der Waals surface area contributed by atoms with Gasteiger partial charge in [-0.15, -0.1) is 24.8 Å². The van der Waals surface area contributed by atoms with Gasteiger partial charge in [0.05, 0.1) is 0 Å². The van der Waals surface area contributed by atoms with Crippen LogP contribution < -0.4 is 11.5 Å². The van der Waals surface area contributed by atoms with Crippen molar-refractivity contribution in [1.29, 1.82) is 0 Å². The summed E-state index contributed by atoms with van der Waals surface area (Å²) < 4.78 is 0.